The first-order valence-corrected chi connectivity index (χ1v) is 12.1. The Kier molecular flexibility index (Phi) is 6.54. The van der Waals surface area contributed by atoms with Crippen LogP contribution in [-0.4, -0.2) is 36.3 Å². The van der Waals surface area contributed by atoms with E-state index in [2.05, 4.69) is 4.98 Å². The molecule has 8 heteroatoms. The number of imidazole rings is 1. The number of benzene rings is 3. The van der Waals surface area contributed by atoms with Gasteiger partial charge in [0, 0.05) is 0 Å². The number of thiazole rings is 1. The highest BCUT2D eigenvalue weighted by Gasteiger charge is 2.11. The molecule has 3 aromatic carbocycles. The first-order valence-electron chi connectivity index (χ1n) is 11.2. The van der Waals surface area contributed by atoms with Crippen molar-refractivity contribution in [3.05, 3.63) is 87.2 Å². The van der Waals surface area contributed by atoms with Gasteiger partial charge < -0.3 is 18.9 Å². The molecular formula is C27H24N2O5S. The van der Waals surface area contributed by atoms with E-state index in [1.165, 1.54) is 11.3 Å². The highest BCUT2D eigenvalue weighted by atomic mass is 32.1. The van der Waals surface area contributed by atoms with E-state index in [0.29, 0.717) is 40.8 Å². The summed E-state index contributed by atoms with van der Waals surface area (Å²) in [6.45, 7) is 3.15. The van der Waals surface area contributed by atoms with E-state index in [9.17, 15) is 4.79 Å². The number of hydrogen-bond acceptors (Lipinski definition) is 7. The summed E-state index contributed by atoms with van der Waals surface area (Å²) in [6, 6.07) is 20.7. The van der Waals surface area contributed by atoms with E-state index >= 15 is 0 Å². The molecule has 0 atom stereocenters. The van der Waals surface area contributed by atoms with E-state index < -0.39 is 0 Å². The Labute approximate surface area is 205 Å². The second-order valence-electron chi connectivity index (χ2n) is 7.65. The monoisotopic (exact) mass is 488 g/mol. The second kappa shape index (κ2) is 10.1. The van der Waals surface area contributed by atoms with Crippen LogP contribution in [0.2, 0.25) is 0 Å². The lowest BCUT2D eigenvalue weighted by atomic mass is 10.2. The zero-order valence-corrected chi connectivity index (χ0v) is 20.2. The molecule has 0 fully saturated rings. The fourth-order valence-corrected chi connectivity index (χ4v) is 4.74. The largest absolute Gasteiger partial charge is 0.497 e. The maximum absolute atomic E-state index is 13.0. The van der Waals surface area contributed by atoms with Gasteiger partial charge in [-0.3, -0.25) is 4.79 Å². The molecule has 0 amide bonds. The summed E-state index contributed by atoms with van der Waals surface area (Å²) in [6.07, 6.45) is 1.86. The van der Waals surface area contributed by atoms with Gasteiger partial charge >= 0.3 is 0 Å². The number of aromatic nitrogens is 2. The van der Waals surface area contributed by atoms with E-state index in [1.54, 1.807) is 11.5 Å². The average Bonchev–Trinajstić information content (AvgIpc) is 3.39. The topological polar surface area (TPSA) is 71.3 Å². The molecule has 2 aromatic heterocycles. The normalized spacial score (nSPS) is 11.8. The van der Waals surface area contributed by atoms with Crippen LogP contribution >= 0.6 is 11.3 Å². The second-order valence-corrected chi connectivity index (χ2v) is 8.66. The molecule has 178 valence electrons. The quantitative estimate of drug-likeness (QED) is 0.288. The summed E-state index contributed by atoms with van der Waals surface area (Å²) < 4.78 is 24.9. The molecule has 0 saturated heterocycles. The fourth-order valence-electron chi connectivity index (χ4n) is 3.75. The van der Waals surface area contributed by atoms with Crippen LogP contribution in [0.15, 0.2) is 71.5 Å². The van der Waals surface area contributed by atoms with Crippen molar-refractivity contribution in [2.24, 2.45) is 0 Å². The van der Waals surface area contributed by atoms with Crippen molar-refractivity contribution in [3.8, 4) is 23.0 Å². The van der Waals surface area contributed by atoms with Crippen molar-refractivity contribution in [3.63, 3.8) is 0 Å². The van der Waals surface area contributed by atoms with Crippen molar-refractivity contribution in [2.45, 2.75) is 6.92 Å². The molecule has 35 heavy (non-hydrogen) atoms. The van der Waals surface area contributed by atoms with Gasteiger partial charge in [0.05, 0.1) is 29.3 Å². The van der Waals surface area contributed by atoms with E-state index in [-0.39, 0.29) is 5.56 Å². The Balaban J connectivity index is 1.33. The van der Waals surface area contributed by atoms with Gasteiger partial charge in [0.25, 0.3) is 5.56 Å². The molecule has 5 rings (SSSR count). The number of nitrogens with zero attached hydrogens (tertiary/aromatic N) is 2. The molecule has 0 saturated carbocycles. The molecule has 0 radical (unpaired) electrons. The third-order valence-electron chi connectivity index (χ3n) is 5.38. The van der Waals surface area contributed by atoms with Crippen LogP contribution in [0.5, 0.6) is 23.0 Å². The Morgan fingerprint density at radius 3 is 2.49 bits per heavy atom. The third-order valence-corrected chi connectivity index (χ3v) is 6.35. The minimum absolute atomic E-state index is 0.0762. The standard InChI is InChI=1S/C27H24N2O5S/c1-3-32-24-16-18(8-13-23(24)34-15-14-33-20-11-9-19(31-2)10-12-20)17-25-26(30)29-22-7-5-4-6-21(22)28-27(29)35-25/h4-13,16-17H,3,14-15H2,1-2H3. The number of rotatable bonds is 9. The first-order chi connectivity index (χ1) is 17.2. The SMILES string of the molecule is CCOc1cc(C=c2sc3nc4ccccc4n3c2=O)ccc1OCCOc1ccc(OC)cc1. The zero-order valence-electron chi connectivity index (χ0n) is 19.4. The third kappa shape index (κ3) is 4.79. The predicted molar refractivity (Wildman–Crippen MR) is 137 cm³/mol. The summed E-state index contributed by atoms with van der Waals surface area (Å²) in [4.78, 5) is 18.3. The van der Waals surface area contributed by atoms with Crippen LogP contribution in [0.3, 0.4) is 0 Å². The molecule has 0 N–H and O–H groups in total. The highest BCUT2D eigenvalue weighted by molar-refractivity contribution is 7.15. The van der Waals surface area contributed by atoms with Crippen molar-refractivity contribution >= 4 is 33.4 Å². The van der Waals surface area contributed by atoms with Crippen molar-refractivity contribution in [1.29, 1.82) is 0 Å². The minimum atomic E-state index is -0.0762. The first kappa shape index (κ1) is 22.7. The lowest BCUT2D eigenvalue weighted by Gasteiger charge is -2.13. The molecule has 5 aromatic rings. The average molecular weight is 489 g/mol. The van der Waals surface area contributed by atoms with Gasteiger partial charge in [-0.2, -0.15) is 0 Å². The van der Waals surface area contributed by atoms with Gasteiger partial charge in [0.15, 0.2) is 16.5 Å². The molecule has 0 unspecified atom stereocenters. The Morgan fingerprint density at radius 2 is 1.69 bits per heavy atom. The molecule has 2 heterocycles. The number of para-hydroxylation sites is 2. The lowest BCUT2D eigenvalue weighted by Crippen LogP contribution is -2.22. The summed E-state index contributed by atoms with van der Waals surface area (Å²) in [5.74, 6) is 2.76. The summed E-state index contributed by atoms with van der Waals surface area (Å²) in [5.41, 5.74) is 2.41. The van der Waals surface area contributed by atoms with Crippen LogP contribution in [-0.2, 0) is 0 Å². The van der Waals surface area contributed by atoms with E-state index in [1.807, 2.05) is 79.7 Å². The van der Waals surface area contributed by atoms with Crippen molar-refractivity contribution in [1.82, 2.24) is 9.38 Å². The number of fused-ring (bicyclic) bond motifs is 3. The minimum Gasteiger partial charge on any atom is -0.497 e. The Hall–Kier alpha value is -4.04. The van der Waals surface area contributed by atoms with Gasteiger partial charge in [-0.05, 0) is 67.1 Å². The fraction of sp³-hybridized carbons (Fsp3) is 0.185. The van der Waals surface area contributed by atoms with Crippen LogP contribution in [0, 0.1) is 0 Å². The number of ether oxygens (including phenoxy) is 4. The van der Waals surface area contributed by atoms with E-state index in [4.69, 9.17) is 18.9 Å². The molecule has 0 aliphatic rings. The Morgan fingerprint density at radius 1 is 0.914 bits per heavy atom. The maximum Gasteiger partial charge on any atom is 0.274 e. The summed E-state index contributed by atoms with van der Waals surface area (Å²) in [5, 5.41) is 0. The van der Waals surface area contributed by atoms with E-state index in [0.717, 1.165) is 28.1 Å². The zero-order chi connectivity index (χ0) is 24.2. The number of methoxy groups -OCH3 is 1. The molecule has 7 nitrogen and oxygen atoms in total. The smallest absolute Gasteiger partial charge is 0.274 e. The van der Waals surface area contributed by atoms with Crippen molar-refractivity contribution < 1.29 is 18.9 Å². The van der Waals surface area contributed by atoms with Crippen molar-refractivity contribution in [2.75, 3.05) is 26.9 Å². The van der Waals surface area contributed by atoms with Crippen LogP contribution in [0.4, 0.5) is 0 Å². The molecule has 0 aliphatic heterocycles. The molecule has 0 aliphatic carbocycles. The van der Waals surface area contributed by atoms with Crippen LogP contribution < -0.4 is 29.0 Å². The summed E-state index contributed by atoms with van der Waals surface area (Å²) >= 11 is 1.37. The predicted octanol–water partition coefficient (Wildman–Crippen LogP) is 4.32. The summed E-state index contributed by atoms with van der Waals surface area (Å²) in [7, 11) is 1.63. The lowest BCUT2D eigenvalue weighted by molar-refractivity contribution is 0.208. The molecular weight excluding hydrogens is 464 g/mol. The Bertz CT molecular complexity index is 1570. The van der Waals surface area contributed by atoms with Gasteiger partial charge in [-0.25, -0.2) is 9.38 Å². The number of hydrogen-bond donors (Lipinski definition) is 0. The highest BCUT2D eigenvalue weighted by Crippen LogP contribution is 2.29. The maximum atomic E-state index is 13.0. The van der Waals surface area contributed by atoms with Gasteiger partial charge in [0.1, 0.15) is 24.7 Å². The van der Waals surface area contributed by atoms with Crippen LogP contribution in [0.25, 0.3) is 22.1 Å². The molecule has 0 bridgehead atoms. The van der Waals surface area contributed by atoms with Gasteiger partial charge in [-0.15, -0.1) is 0 Å². The van der Waals surface area contributed by atoms with Gasteiger partial charge in [0.2, 0.25) is 0 Å². The van der Waals surface area contributed by atoms with Crippen LogP contribution in [0.1, 0.15) is 12.5 Å². The van der Waals surface area contributed by atoms with Gasteiger partial charge in [-0.1, -0.05) is 29.5 Å². The molecule has 0 spiro atoms.